The number of benzene rings is 1. The molecule has 1 aromatic carbocycles. The summed E-state index contributed by atoms with van der Waals surface area (Å²) in [6, 6.07) is 14.1. The van der Waals surface area contributed by atoms with Crippen LogP contribution in [0.2, 0.25) is 0 Å². The molecule has 1 saturated heterocycles. The predicted octanol–water partition coefficient (Wildman–Crippen LogP) is 5.88. The van der Waals surface area contributed by atoms with Crippen molar-refractivity contribution >= 4 is 22.2 Å². The van der Waals surface area contributed by atoms with Crippen molar-refractivity contribution in [3.05, 3.63) is 70.5 Å². The van der Waals surface area contributed by atoms with Crippen molar-refractivity contribution in [2.24, 2.45) is 0 Å². The second-order valence-electron chi connectivity index (χ2n) is 7.57. The standard InChI is InChI=1S/C24H28N2O3S/c1-3-28-19-11-9-18(10-12-19)22(26-13-5-4-6-14-26)20-16-17(2)30-24(20)25-23(27)21-8-7-15-29-21/h7-12,15-16,22H,3-6,13-14H2,1-2H3,(H,25,27)/t22-/m1/s1. The van der Waals surface area contributed by atoms with Crippen LogP contribution in [-0.2, 0) is 0 Å². The quantitative estimate of drug-likeness (QED) is 0.515. The number of amides is 1. The Labute approximate surface area is 181 Å². The van der Waals surface area contributed by atoms with Gasteiger partial charge in [-0.05, 0) is 75.7 Å². The lowest BCUT2D eigenvalue weighted by Crippen LogP contribution is -2.34. The number of rotatable bonds is 7. The Morgan fingerprint density at radius 2 is 1.97 bits per heavy atom. The van der Waals surface area contributed by atoms with E-state index in [2.05, 4.69) is 35.3 Å². The summed E-state index contributed by atoms with van der Waals surface area (Å²) in [5.41, 5.74) is 2.36. The summed E-state index contributed by atoms with van der Waals surface area (Å²) < 4.78 is 10.9. The van der Waals surface area contributed by atoms with Crippen molar-refractivity contribution in [2.45, 2.75) is 39.2 Å². The van der Waals surface area contributed by atoms with Gasteiger partial charge in [0.2, 0.25) is 0 Å². The normalized spacial score (nSPS) is 15.7. The van der Waals surface area contributed by atoms with Crippen LogP contribution in [-0.4, -0.2) is 30.5 Å². The smallest absolute Gasteiger partial charge is 0.291 e. The van der Waals surface area contributed by atoms with Gasteiger partial charge in [0.05, 0.1) is 18.9 Å². The lowest BCUT2D eigenvalue weighted by molar-refractivity contribution is 0.0996. The number of nitrogens with zero attached hydrogens (tertiary/aromatic N) is 1. The van der Waals surface area contributed by atoms with Gasteiger partial charge < -0.3 is 14.5 Å². The van der Waals surface area contributed by atoms with Gasteiger partial charge in [0.15, 0.2) is 5.76 Å². The SMILES string of the molecule is CCOc1ccc([C@H](c2cc(C)sc2NC(=O)c2ccco2)N2CCCCC2)cc1. The lowest BCUT2D eigenvalue weighted by Gasteiger charge is -2.35. The minimum Gasteiger partial charge on any atom is -0.494 e. The van der Waals surface area contributed by atoms with Crippen LogP contribution in [0, 0.1) is 6.92 Å². The van der Waals surface area contributed by atoms with E-state index >= 15 is 0 Å². The minimum absolute atomic E-state index is 0.0952. The second kappa shape index (κ2) is 9.49. The Balaban J connectivity index is 1.69. The highest BCUT2D eigenvalue weighted by Crippen LogP contribution is 2.40. The Bertz CT molecular complexity index is 957. The van der Waals surface area contributed by atoms with Gasteiger partial charge in [0, 0.05) is 10.4 Å². The largest absolute Gasteiger partial charge is 0.494 e. The molecule has 1 amide bonds. The number of carbonyl (C=O) groups excluding carboxylic acids is 1. The van der Waals surface area contributed by atoms with E-state index in [1.807, 2.05) is 19.1 Å². The highest BCUT2D eigenvalue weighted by molar-refractivity contribution is 7.16. The number of ether oxygens (including phenoxy) is 1. The first-order valence-electron chi connectivity index (χ1n) is 10.6. The van der Waals surface area contributed by atoms with Crippen LogP contribution in [0.25, 0.3) is 0 Å². The number of anilines is 1. The number of furan rings is 1. The average molecular weight is 425 g/mol. The molecule has 1 fully saturated rings. The van der Waals surface area contributed by atoms with Gasteiger partial charge in [-0.25, -0.2) is 0 Å². The molecule has 1 atom stereocenters. The maximum absolute atomic E-state index is 12.7. The topological polar surface area (TPSA) is 54.7 Å². The summed E-state index contributed by atoms with van der Waals surface area (Å²) in [5.74, 6) is 0.987. The molecule has 3 heterocycles. The average Bonchev–Trinajstić information content (AvgIpc) is 3.41. The summed E-state index contributed by atoms with van der Waals surface area (Å²) in [7, 11) is 0. The van der Waals surface area contributed by atoms with Gasteiger partial charge in [-0.1, -0.05) is 18.6 Å². The molecule has 3 aromatic rings. The van der Waals surface area contributed by atoms with Crippen LogP contribution in [0.15, 0.2) is 53.1 Å². The van der Waals surface area contributed by atoms with Crippen molar-refractivity contribution < 1.29 is 13.9 Å². The Hall–Kier alpha value is -2.57. The maximum atomic E-state index is 12.7. The van der Waals surface area contributed by atoms with Crippen molar-refractivity contribution in [1.82, 2.24) is 4.90 Å². The summed E-state index contributed by atoms with van der Waals surface area (Å²) >= 11 is 1.61. The van der Waals surface area contributed by atoms with Crippen molar-refractivity contribution in [3.8, 4) is 5.75 Å². The number of hydrogen-bond acceptors (Lipinski definition) is 5. The van der Waals surface area contributed by atoms with Gasteiger partial charge in [0.1, 0.15) is 10.8 Å². The molecule has 158 valence electrons. The zero-order valence-corrected chi connectivity index (χ0v) is 18.3. The zero-order valence-electron chi connectivity index (χ0n) is 17.5. The van der Waals surface area contributed by atoms with E-state index in [-0.39, 0.29) is 11.9 Å². The van der Waals surface area contributed by atoms with Crippen LogP contribution >= 0.6 is 11.3 Å². The van der Waals surface area contributed by atoms with E-state index in [0.29, 0.717) is 12.4 Å². The van der Waals surface area contributed by atoms with Crippen molar-refractivity contribution in [2.75, 3.05) is 25.0 Å². The number of piperidine rings is 1. The van der Waals surface area contributed by atoms with Crippen LogP contribution in [0.1, 0.15) is 58.8 Å². The van der Waals surface area contributed by atoms with E-state index in [1.54, 1.807) is 23.5 Å². The number of nitrogens with one attached hydrogen (secondary N) is 1. The van der Waals surface area contributed by atoms with Gasteiger partial charge >= 0.3 is 0 Å². The fourth-order valence-electron chi connectivity index (χ4n) is 4.08. The summed E-state index contributed by atoms with van der Waals surface area (Å²) in [4.78, 5) is 16.4. The second-order valence-corrected chi connectivity index (χ2v) is 8.83. The summed E-state index contributed by atoms with van der Waals surface area (Å²) in [6.07, 6.45) is 5.19. The molecule has 1 aliphatic heterocycles. The number of aryl methyl sites for hydroxylation is 1. The molecule has 0 unspecified atom stereocenters. The molecule has 1 N–H and O–H groups in total. The predicted molar refractivity (Wildman–Crippen MR) is 121 cm³/mol. The first kappa shape index (κ1) is 20.7. The first-order valence-corrected chi connectivity index (χ1v) is 11.4. The number of hydrogen-bond donors (Lipinski definition) is 1. The maximum Gasteiger partial charge on any atom is 0.291 e. The molecule has 1 aliphatic rings. The van der Waals surface area contributed by atoms with E-state index in [1.165, 1.54) is 36.0 Å². The van der Waals surface area contributed by atoms with Crippen LogP contribution < -0.4 is 10.1 Å². The van der Waals surface area contributed by atoms with Gasteiger partial charge in [-0.15, -0.1) is 11.3 Å². The Morgan fingerprint density at radius 3 is 2.63 bits per heavy atom. The summed E-state index contributed by atoms with van der Waals surface area (Å²) in [5, 5.41) is 3.98. The van der Waals surface area contributed by atoms with Crippen LogP contribution in [0.3, 0.4) is 0 Å². The lowest BCUT2D eigenvalue weighted by atomic mass is 9.96. The van der Waals surface area contributed by atoms with E-state index in [4.69, 9.17) is 9.15 Å². The third kappa shape index (κ3) is 4.60. The molecule has 0 radical (unpaired) electrons. The van der Waals surface area contributed by atoms with E-state index in [9.17, 15) is 4.79 Å². The first-order chi connectivity index (χ1) is 14.7. The molecular formula is C24H28N2O3S. The molecule has 30 heavy (non-hydrogen) atoms. The number of likely N-dealkylation sites (tertiary alicyclic amines) is 1. The monoisotopic (exact) mass is 424 g/mol. The number of carbonyl (C=O) groups is 1. The fourth-order valence-corrected chi connectivity index (χ4v) is 5.02. The highest BCUT2D eigenvalue weighted by Gasteiger charge is 2.28. The minimum atomic E-state index is -0.216. The molecular weight excluding hydrogens is 396 g/mol. The highest BCUT2D eigenvalue weighted by atomic mass is 32.1. The third-order valence-corrected chi connectivity index (χ3v) is 6.39. The van der Waals surface area contributed by atoms with Crippen molar-refractivity contribution in [3.63, 3.8) is 0 Å². The van der Waals surface area contributed by atoms with Gasteiger partial charge in [-0.3, -0.25) is 9.69 Å². The number of thiophene rings is 1. The molecule has 4 rings (SSSR count). The molecule has 0 aliphatic carbocycles. The molecule has 6 heteroatoms. The van der Waals surface area contributed by atoms with Crippen molar-refractivity contribution in [1.29, 1.82) is 0 Å². The van der Waals surface area contributed by atoms with Crippen LogP contribution in [0.4, 0.5) is 5.00 Å². The zero-order chi connectivity index (χ0) is 20.9. The van der Waals surface area contributed by atoms with Crippen LogP contribution in [0.5, 0.6) is 5.75 Å². The molecule has 0 saturated carbocycles. The fraction of sp³-hybridized carbons (Fsp3) is 0.375. The Morgan fingerprint density at radius 1 is 1.20 bits per heavy atom. The molecule has 0 spiro atoms. The summed E-state index contributed by atoms with van der Waals surface area (Å²) in [6.45, 7) is 6.84. The molecule has 0 bridgehead atoms. The van der Waals surface area contributed by atoms with Gasteiger partial charge in [0.25, 0.3) is 5.91 Å². The molecule has 5 nitrogen and oxygen atoms in total. The Kier molecular flexibility index (Phi) is 6.55. The van der Waals surface area contributed by atoms with E-state index < -0.39 is 0 Å². The molecule has 2 aromatic heterocycles. The van der Waals surface area contributed by atoms with E-state index in [0.717, 1.165) is 29.4 Å². The van der Waals surface area contributed by atoms with Gasteiger partial charge in [-0.2, -0.15) is 0 Å². The third-order valence-electron chi connectivity index (χ3n) is 5.41.